The fraction of sp³-hybridized carbons (Fsp3) is 0.433. The van der Waals surface area contributed by atoms with Crippen molar-refractivity contribution in [3.63, 3.8) is 0 Å². The van der Waals surface area contributed by atoms with Gasteiger partial charge in [0.15, 0.2) is 0 Å². The Morgan fingerprint density at radius 1 is 0.543 bits per heavy atom. The first-order valence-electron chi connectivity index (χ1n) is 29.3. The number of methoxy groups -OCH3 is 2. The summed E-state index contributed by atoms with van der Waals surface area (Å²) >= 11 is 28.0. The number of carbonyl (C=O) groups is 8. The van der Waals surface area contributed by atoms with Crippen LogP contribution in [0.5, 0.6) is 0 Å². The molecule has 502 valence electrons. The summed E-state index contributed by atoms with van der Waals surface area (Å²) in [5, 5.41) is 13.9. The number of thiophene rings is 3. The third-order valence-electron chi connectivity index (χ3n) is 13.6. The van der Waals surface area contributed by atoms with Gasteiger partial charge in [-0.05, 0) is 117 Å². The maximum absolute atomic E-state index is 13.9. The fourth-order valence-corrected chi connectivity index (χ4v) is 12.4. The van der Waals surface area contributed by atoms with Crippen molar-refractivity contribution in [1.29, 1.82) is 0 Å². The number of carboxylic acid groups (broad SMARTS) is 1. The molecule has 0 radical (unpaired) electrons. The lowest BCUT2D eigenvalue weighted by Crippen LogP contribution is -2.51. The average Bonchev–Trinajstić information content (AvgIpc) is 1.52. The Morgan fingerprint density at radius 2 is 0.904 bits per heavy atom. The van der Waals surface area contributed by atoms with Crippen LogP contribution in [0.4, 0.5) is 17.1 Å². The molecule has 3 saturated heterocycles. The first-order chi connectivity index (χ1) is 44.0. The zero-order valence-electron chi connectivity index (χ0n) is 54.5. The van der Waals surface area contributed by atoms with E-state index in [1.54, 1.807) is 38.2 Å². The molecule has 94 heavy (non-hydrogen) atoms. The predicted molar refractivity (Wildman–Crippen MR) is 368 cm³/mol. The zero-order valence-corrected chi connectivity index (χ0v) is 60.0. The number of halogens is 4. The molecule has 5 amide bonds. The third kappa shape index (κ3) is 20.7. The lowest BCUT2D eigenvalue weighted by atomic mass is 9.98. The van der Waals surface area contributed by atoms with Crippen molar-refractivity contribution in [3.05, 3.63) is 115 Å². The molecule has 3 aromatic heterocycles. The fourth-order valence-electron chi connectivity index (χ4n) is 8.79. The summed E-state index contributed by atoms with van der Waals surface area (Å²) in [6, 6.07) is 11.1. The van der Waals surface area contributed by atoms with Crippen molar-refractivity contribution in [2.45, 2.75) is 80.4 Å². The second-order valence-corrected chi connectivity index (χ2v) is 29.5. The first kappa shape index (κ1) is 75.8. The summed E-state index contributed by atoms with van der Waals surface area (Å²) in [6.07, 6.45) is 0. The Hall–Kier alpha value is -7.18. The Morgan fingerprint density at radius 3 is 1.30 bits per heavy atom. The number of benzene rings is 2. The van der Waals surface area contributed by atoms with Crippen LogP contribution in [0.3, 0.4) is 0 Å². The van der Waals surface area contributed by atoms with Crippen LogP contribution in [0.25, 0.3) is 0 Å². The van der Waals surface area contributed by atoms with Crippen molar-refractivity contribution in [3.8, 4) is 35.5 Å². The number of rotatable bonds is 11. The van der Waals surface area contributed by atoms with E-state index in [4.69, 9.17) is 70.1 Å². The highest BCUT2D eigenvalue weighted by Gasteiger charge is 2.41. The normalized spacial score (nSPS) is 16.9. The number of hydrogen-bond acceptors (Lipinski definition) is 17. The number of esters is 2. The van der Waals surface area contributed by atoms with Crippen molar-refractivity contribution in [1.82, 2.24) is 14.7 Å². The summed E-state index contributed by atoms with van der Waals surface area (Å²) in [5.74, 6) is 14.1. The molecule has 0 spiro atoms. The van der Waals surface area contributed by atoms with Gasteiger partial charge in [-0.15, -0.1) is 34.0 Å². The number of ether oxygens (including phenoxy) is 5. The van der Waals surface area contributed by atoms with E-state index in [2.05, 4.69) is 40.8 Å². The van der Waals surface area contributed by atoms with Gasteiger partial charge >= 0.3 is 17.9 Å². The molecule has 2 N–H and O–H groups in total. The monoisotopic (exact) mass is 1420 g/mol. The minimum Gasteiger partial charge on any atom is -0.477 e. The number of nitrogens with one attached hydrogen (secondary N) is 1. The number of nitrogens with zero attached hydrogens (tertiary/aromatic N) is 5. The van der Waals surface area contributed by atoms with Gasteiger partial charge in [-0.2, -0.15) is 0 Å². The van der Waals surface area contributed by atoms with Crippen molar-refractivity contribution in [2.75, 3.05) is 110 Å². The Balaban J connectivity index is 0.000000227. The van der Waals surface area contributed by atoms with Gasteiger partial charge in [-0.3, -0.25) is 33.8 Å². The molecule has 5 aromatic rings. The first-order valence-corrected chi connectivity index (χ1v) is 33.2. The van der Waals surface area contributed by atoms with Gasteiger partial charge in [0, 0.05) is 67.1 Å². The van der Waals surface area contributed by atoms with Gasteiger partial charge in [0.05, 0.1) is 107 Å². The van der Waals surface area contributed by atoms with E-state index in [1.807, 2.05) is 62.3 Å². The van der Waals surface area contributed by atoms with Gasteiger partial charge in [-0.1, -0.05) is 81.9 Å². The lowest BCUT2D eigenvalue weighted by Gasteiger charge is -2.31. The molecule has 20 nitrogen and oxygen atoms in total. The molecule has 6 heterocycles. The van der Waals surface area contributed by atoms with E-state index in [0.29, 0.717) is 69.8 Å². The van der Waals surface area contributed by atoms with Crippen LogP contribution in [0, 0.1) is 51.8 Å². The summed E-state index contributed by atoms with van der Waals surface area (Å²) in [5.41, 5.74) is 0.278. The molecule has 3 fully saturated rings. The van der Waals surface area contributed by atoms with Crippen molar-refractivity contribution >= 4 is 145 Å². The highest BCUT2D eigenvalue weighted by Crippen LogP contribution is 2.38. The second kappa shape index (κ2) is 33.0. The molecule has 3 aliphatic rings. The molecule has 0 aliphatic carbocycles. The number of anilines is 3. The zero-order chi connectivity index (χ0) is 69.7. The minimum absolute atomic E-state index is 0.0560. The van der Waals surface area contributed by atoms with E-state index in [-0.39, 0.29) is 96.1 Å². The summed E-state index contributed by atoms with van der Waals surface area (Å²) in [4.78, 5) is 113. The number of carboxylic acids is 1. The van der Waals surface area contributed by atoms with Gasteiger partial charge in [0.1, 0.15) is 32.8 Å². The largest absolute Gasteiger partial charge is 0.477 e. The van der Waals surface area contributed by atoms with Crippen LogP contribution in [0.1, 0.15) is 127 Å². The van der Waals surface area contributed by atoms with E-state index in [0.717, 1.165) is 32.5 Å². The maximum atomic E-state index is 13.9. The molecule has 2 aromatic carbocycles. The number of amides is 5. The Bertz CT molecular complexity index is 3880. The second-order valence-electron chi connectivity index (χ2n) is 24.6. The maximum Gasteiger partial charge on any atom is 0.350 e. The van der Waals surface area contributed by atoms with Crippen LogP contribution >= 0.6 is 80.4 Å². The summed E-state index contributed by atoms with van der Waals surface area (Å²) in [6.45, 7) is 20.2. The average molecular weight is 1430 g/mol. The molecule has 27 heteroatoms. The van der Waals surface area contributed by atoms with E-state index < -0.39 is 47.8 Å². The van der Waals surface area contributed by atoms with Gasteiger partial charge in [-0.25, -0.2) is 14.4 Å². The lowest BCUT2D eigenvalue weighted by molar-refractivity contribution is -0.131. The van der Waals surface area contributed by atoms with Gasteiger partial charge in [0.25, 0.3) is 11.8 Å². The van der Waals surface area contributed by atoms with Crippen LogP contribution in [-0.2, 0) is 38.1 Å². The summed E-state index contributed by atoms with van der Waals surface area (Å²) in [7, 11) is 7.56. The Labute approximate surface area is 579 Å². The molecule has 0 bridgehead atoms. The molecule has 8 rings (SSSR count). The standard InChI is InChI=1S/C25H26Cl2N2O5S.C24H24Cl2N2O5S.C18H24N2O4S/c1-25(2,3)9-8-16-13-19(21(35-16)24(32)33-5)29(20-14-34-11-10-28(4)23(20)31)22(30)17-7-6-15(26)12-18(17)27;1-24(2,3)8-7-15-12-18(20(34-15)23(31)32)28(19-13-33-10-9-27(4)22(19)30)21(29)16-6-5-14(25)11-17(16)26;1-18(2,3)7-6-12-10-13(15(25-12)17(22)23-5)19-14-11-24-9-8-20(4)16(14)21/h6-7,12-13,20H,10-11,14H2,1-5H3;5-6,11-12,19H,9-10,13H2,1-4H3,(H,31,32);10,14,19H,8-9,11H2,1-5H3/t20-;19-;14-/m000/s1. The van der Waals surface area contributed by atoms with Crippen LogP contribution in [0.15, 0.2) is 54.6 Å². The molecular formula is C67H74Cl4N6O14S3. The smallest absolute Gasteiger partial charge is 0.350 e. The number of aromatic carboxylic acids is 1. The number of hydrogen-bond donors (Lipinski definition) is 2. The highest BCUT2D eigenvalue weighted by molar-refractivity contribution is 7.16. The number of likely N-dealkylation sites (N-methyl/N-ethyl adjacent to an activating group) is 3. The van der Waals surface area contributed by atoms with Crippen LogP contribution in [0.2, 0.25) is 20.1 Å². The van der Waals surface area contributed by atoms with Crippen molar-refractivity contribution < 1.29 is 67.1 Å². The molecule has 0 unspecified atom stereocenters. The van der Waals surface area contributed by atoms with E-state index in [1.165, 1.54) is 82.7 Å². The van der Waals surface area contributed by atoms with Crippen LogP contribution < -0.4 is 15.1 Å². The quantitative estimate of drug-likeness (QED) is 0.0925. The van der Waals surface area contributed by atoms with Gasteiger partial charge < -0.3 is 48.8 Å². The highest BCUT2D eigenvalue weighted by atomic mass is 35.5. The van der Waals surface area contributed by atoms with Crippen molar-refractivity contribution in [2.24, 2.45) is 16.2 Å². The minimum atomic E-state index is -1.24. The SMILES string of the molecule is CN1CCOC[C@H](N(C(=O)c2ccc(Cl)cc2Cl)c2cc(C#CC(C)(C)C)sc2C(=O)O)C1=O.COC(=O)c1sc(C#CC(C)(C)C)cc1N(C(=O)c1ccc(Cl)cc1Cl)[C@H]1COCCN(C)C1=O.COC(=O)c1sc(C#CC(C)(C)C)cc1N[C@H]1COCCN(C)C1=O. The predicted octanol–water partition coefficient (Wildman–Crippen LogP) is 11.6. The number of carbonyl (C=O) groups excluding carboxylic acids is 7. The van der Waals surface area contributed by atoms with E-state index >= 15 is 0 Å². The van der Waals surface area contributed by atoms with Gasteiger partial charge in [0.2, 0.25) is 17.7 Å². The summed E-state index contributed by atoms with van der Waals surface area (Å²) < 4.78 is 26.6. The third-order valence-corrected chi connectivity index (χ3v) is 17.7. The topological polar surface area (TPSA) is 231 Å². The molecular weight excluding hydrogens is 1350 g/mol. The van der Waals surface area contributed by atoms with Crippen LogP contribution in [-0.4, -0.2) is 180 Å². The Kier molecular flexibility index (Phi) is 26.6. The molecule has 0 saturated carbocycles. The molecule has 3 atom stereocenters. The van der Waals surface area contributed by atoms with E-state index in [9.17, 15) is 43.5 Å². The molecule has 3 aliphatic heterocycles.